The van der Waals surface area contributed by atoms with Gasteiger partial charge >= 0.3 is 11.9 Å². The first-order chi connectivity index (χ1) is 26.2. The number of carbonyl (C=O) groups excluding carboxylic acids is 2. The Bertz CT molecular complexity index is 2190. The molecule has 6 aliphatic rings. The first-order valence-electron chi connectivity index (χ1n) is 19.9. The van der Waals surface area contributed by atoms with Crippen LogP contribution in [0.1, 0.15) is 73.5 Å². The summed E-state index contributed by atoms with van der Waals surface area (Å²) in [5, 5.41) is 13.7. The minimum Gasteiger partial charge on any atom is -0.496 e. The van der Waals surface area contributed by atoms with Crippen molar-refractivity contribution in [3.05, 3.63) is 76.1 Å². The Balaban J connectivity index is 1.34. The van der Waals surface area contributed by atoms with Crippen LogP contribution in [0.4, 0.5) is 0 Å². The topological polar surface area (TPSA) is 120 Å². The molecule has 54 heavy (non-hydrogen) atoms. The van der Waals surface area contributed by atoms with E-state index in [1.807, 2.05) is 6.92 Å². The number of aliphatic hydroxyl groups excluding tert-OH is 1. The van der Waals surface area contributed by atoms with Crippen molar-refractivity contribution in [3.63, 3.8) is 0 Å². The largest absolute Gasteiger partial charge is 0.496 e. The molecule has 2 aromatic carbocycles. The fourth-order valence-electron chi connectivity index (χ4n) is 12.7. The highest BCUT2D eigenvalue weighted by molar-refractivity contribution is 5.95. The molecule has 4 fully saturated rings. The summed E-state index contributed by atoms with van der Waals surface area (Å²) in [6.07, 6.45) is 6.99. The molecule has 0 amide bonds. The van der Waals surface area contributed by atoms with Gasteiger partial charge in [0.05, 0.1) is 33.5 Å². The molecule has 10 rings (SSSR count). The van der Waals surface area contributed by atoms with Gasteiger partial charge in [0.1, 0.15) is 16.6 Å². The predicted octanol–water partition coefficient (Wildman–Crippen LogP) is 5.85. The van der Waals surface area contributed by atoms with Crippen LogP contribution in [0.25, 0.3) is 21.8 Å². The number of ether oxygens (including phenoxy) is 3. The summed E-state index contributed by atoms with van der Waals surface area (Å²) in [6, 6.07) is 12.4. The Morgan fingerprint density at radius 1 is 1.02 bits per heavy atom. The number of para-hydroxylation sites is 1. The SMILES string of the molecule is C/C=C1/CN(C)[C@H]2Cc3c([nH]c4ccccc34)[C@H](c3c(OC)ccc4c5c([nH]c34)[C@@]3(C(=O)OC)C[C@H]4C[C@H](CC)[C@@H]3N(CC5)C4)C[C@H]1[C@]2(CO)C(=O)OC. The number of nitrogens with zero attached hydrogens (tertiary/aromatic N) is 2. The molecule has 0 radical (unpaired) electrons. The number of nitrogens with one attached hydrogen (secondary N) is 2. The number of likely N-dealkylation sites (N-methyl/N-ethyl adjacent to an activating group) is 1. The molecule has 2 aromatic heterocycles. The summed E-state index contributed by atoms with van der Waals surface area (Å²) in [5.74, 6) is 0.479. The van der Waals surface area contributed by atoms with Crippen LogP contribution in [0, 0.1) is 23.2 Å². The van der Waals surface area contributed by atoms with Crippen molar-refractivity contribution >= 4 is 33.7 Å². The Morgan fingerprint density at radius 3 is 2.54 bits per heavy atom. The zero-order chi connectivity index (χ0) is 37.7. The Labute approximate surface area is 317 Å². The van der Waals surface area contributed by atoms with Crippen LogP contribution in [-0.4, -0.2) is 104 Å². The van der Waals surface area contributed by atoms with Crippen molar-refractivity contribution in [1.29, 1.82) is 0 Å². The highest BCUT2D eigenvalue weighted by atomic mass is 16.5. The van der Waals surface area contributed by atoms with Crippen LogP contribution >= 0.6 is 0 Å². The molecule has 286 valence electrons. The highest BCUT2D eigenvalue weighted by Gasteiger charge is 2.63. The van der Waals surface area contributed by atoms with Gasteiger partial charge in [0.15, 0.2) is 0 Å². The molecule has 10 nitrogen and oxygen atoms in total. The molecular formula is C44H54N4O6. The zero-order valence-electron chi connectivity index (χ0n) is 32.5. The van der Waals surface area contributed by atoms with E-state index in [1.165, 1.54) is 12.7 Å². The second kappa shape index (κ2) is 13.0. The van der Waals surface area contributed by atoms with E-state index in [1.54, 1.807) is 14.2 Å². The first-order valence-corrected chi connectivity index (χ1v) is 19.9. The van der Waals surface area contributed by atoms with E-state index >= 15 is 0 Å². The number of esters is 2. The van der Waals surface area contributed by atoms with Crippen molar-refractivity contribution in [1.82, 2.24) is 19.8 Å². The van der Waals surface area contributed by atoms with Gasteiger partial charge in [-0.2, -0.15) is 0 Å². The average Bonchev–Trinajstić information content (AvgIpc) is 3.73. The Kier molecular flexibility index (Phi) is 8.56. The quantitative estimate of drug-likeness (QED) is 0.167. The van der Waals surface area contributed by atoms with Gasteiger partial charge in [0, 0.05) is 76.8 Å². The number of aromatic amines is 2. The average molecular weight is 735 g/mol. The lowest BCUT2D eigenvalue weighted by Crippen LogP contribution is -2.67. The van der Waals surface area contributed by atoms with E-state index in [2.05, 4.69) is 76.2 Å². The van der Waals surface area contributed by atoms with E-state index in [0.29, 0.717) is 31.2 Å². The van der Waals surface area contributed by atoms with Gasteiger partial charge in [-0.05, 0) is 87.2 Å². The van der Waals surface area contributed by atoms with Gasteiger partial charge in [0.25, 0.3) is 0 Å². The van der Waals surface area contributed by atoms with Crippen molar-refractivity contribution < 1.29 is 28.9 Å². The van der Waals surface area contributed by atoms with Crippen molar-refractivity contribution in [2.75, 3.05) is 54.6 Å². The minimum atomic E-state index is -1.19. The molecule has 1 unspecified atom stereocenters. The van der Waals surface area contributed by atoms with E-state index in [0.717, 1.165) is 94.4 Å². The number of aromatic nitrogens is 2. The maximum absolute atomic E-state index is 14.4. The summed E-state index contributed by atoms with van der Waals surface area (Å²) in [7, 11) is 6.76. The highest BCUT2D eigenvalue weighted by Crippen LogP contribution is 2.58. The molecule has 3 saturated heterocycles. The number of hydrogen-bond donors (Lipinski definition) is 3. The third-order valence-electron chi connectivity index (χ3n) is 14.8. The van der Waals surface area contributed by atoms with Crippen LogP contribution in [0.2, 0.25) is 0 Å². The Morgan fingerprint density at radius 2 is 1.81 bits per heavy atom. The number of likely N-dealkylation sites (tertiary alicyclic amines) is 1. The molecule has 9 atom stereocenters. The zero-order valence-corrected chi connectivity index (χ0v) is 32.5. The number of piperidine rings is 3. The number of methoxy groups -OCH3 is 3. The lowest BCUT2D eigenvalue weighted by molar-refractivity contribution is -0.169. The van der Waals surface area contributed by atoms with Crippen LogP contribution in [0.5, 0.6) is 5.75 Å². The van der Waals surface area contributed by atoms with Gasteiger partial charge < -0.3 is 29.3 Å². The van der Waals surface area contributed by atoms with Crippen LogP contribution in [0.3, 0.4) is 0 Å². The number of H-pyrrole nitrogens is 2. The number of rotatable bonds is 6. The first kappa shape index (κ1) is 35.6. The molecule has 6 bridgehead atoms. The molecule has 2 aliphatic carbocycles. The van der Waals surface area contributed by atoms with Crippen LogP contribution in [-0.2, 0) is 37.3 Å². The normalized spacial score (nSPS) is 33.8. The van der Waals surface area contributed by atoms with E-state index < -0.39 is 10.8 Å². The molecule has 10 heteroatoms. The molecular weight excluding hydrogens is 681 g/mol. The summed E-state index contributed by atoms with van der Waals surface area (Å²) < 4.78 is 17.7. The number of allylic oxidation sites excluding steroid dienone is 1. The summed E-state index contributed by atoms with van der Waals surface area (Å²) >= 11 is 0. The van der Waals surface area contributed by atoms with Gasteiger partial charge in [-0.1, -0.05) is 43.2 Å². The molecule has 4 aliphatic heterocycles. The fourth-order valence-corrected chi connectivity index (χ4v) is 12.7. The number of hydrogen-bond acceptors (Lipinski definition) is 8. The maximum Gasteiger partial charge on any atom is 0.319 e. The minimum absolute atomic E-state index is 0.0694. The maximum atomic E-state index is 14.4. The van der Waals surface area contributed by atoms with Crippen molar-refractivity contribution in [3.8, 4) is 5.75 Å². The number of aliphatic hydroxyl groups is 1. The monoisotopic (exact) mass is 734 g/mol. The van der Waals surface area contributed by atoms with E-state index in [-0.39, 0.29) is 42.5 Å². The summed E-state index contributed by atoms with van der Waals surface area (Å²) in [5.41, 5.74) is 6.57. The lowest BCUT2D eigenvalue weighted by Gasteiger charge is -2.57. The second-order valence-electron chi connectivity index (χ2n) is 16.8. The molecule has 0 spiro atoms. The number of fused-ring (bicyclic) bond motifs is 9. The predicted molar refractivity (Wildman–Crippen MR) is 208 cm³/mol. The molecule has 6 heterocycles. The summed E-state index contributed by atoms with van der Waals surface area (Å²) in [4.78, 5) is 41.4. The van der Waals surface area contributed by atoms with Gasteiger partial charge in [0.2, 0.25) is 0 Å². The van der Waals surface area contributed by atoms with Gasteiger partial charge in [-0.15, -0.1) is 0 Å². The molecule has 4 aromatic rings. The van der Waals surface area contributed by atoms with Gasteiger partial charge in [-0.25, -0.2) is 0 Å². The third-order valence-corrected chi connectivity index (χ3v) is 14.8. The van der Waals surface area contributed by atoms with Crippen molar-refractivity contribution in [2.24, 2.45) is 23.2 Å². The number of carbonyl (C=O) groups is 2. The summed E-state index contributed by atoms with van der Waals surface area (Å²) in [6.45, 7) is 6.58. The standard InChI is InChI=1S/C44H54N4O6/c1-7-25-17-24-20-43(41(50)53-5)39-29(15-16-48(21-24)40(25)43)28-13-14-34(52-4)36(38(28)46-39)31-18-32-26(8-2)22-47(3)35(44(32,23-49)42(51)54-6)19-30-27-11-9-10-12-33(27)45-37(30)31/h8-14,24-25,31-32,35,40,45-46,49H,7,15-23H2,1-6H3/b26-8-/t24-,25+,31+,32-,35+,40+,43+,44+/m1/s1. The van der Waals surface area contributed by atoms with E-state index in [9.17, 15) is 14.7 Å². The second-order valence-corrected chi connectivity index (χ2v) is 16.8. The Hall–Kier alpha value is -4.12. The lowest BCUT2D eigenvalue weighted by atomic mass is 9.56. The molecule has 1 saturated carbocycles. The third kappa shape index (κ3) is 4.62. The van der Waals surface area contributed by atoms with Crippen LogP contribution in [0.15, 0.2) is 48.0 Å². The molecule has 3 N–H and O–H groups in total. The van der Waals surface area contributed by atoms with Crippen LogP contribution < -0.4 is 4.74 Å². The van der Waals surface area contributed by atoms with E-state index in [4.69, 9.17) is 14.2 Å². The number of benzene rings is 2. The van der Waals surface area contributed by atoms with Crippen molar-refractivity contribution in [2.45, 2.75) is 75.8 Å². The van der Waals surface area contributed by atoms with Gasteiger partial charge in [-0.3, -0.25) is 19.4 Å². The smallest absolute Gasteiger partial charge is 0.319 e. The fraction of sp³-hybridized carbons (Fsp3) is 0.545.